The summed E-state index contributed by atoms with van der Waals surface area (Å²) in [6, 6.07) is 0. The Labute approximate surface area is 81.9 Å². The maximum absolute atomic E-state index is 2.61. The molecule has 0 N–H and O–H groups in total. The van der Waals surface area contributed by atoms with Crippen LogP contribution in [0, 0.1) is 6.42 Å². The standard InChI is InChI=1S/C11H21N2/c1-2-6-12(7-3-1)10-11-13-8-4-5-9-13/h1H,2-11H2. The maximum atomic E-state index is 2.61. The molecular weight excluding hydrogens is 160 g/mol. The summed E-state index contributed by atoms with van der Waals surface area (Å²) in [5.74, 6) is 0. The lowest BCUT2D eigenvalue weighted by atomic mass is 10.1. The molecule has 0 aromatic rings. The van der Waals surface area contributed by atoms with Crippen molar-refractivity contribution in [1.29, 1.82) is 0 Å². The molecule has 0 aromatic heterocycles. The highest BCUT2D eigenvalue weighted by Gasteiger charge is 2.14. The number of piperidine rings is 1. The average Bonchev–Trinajstić information content (AvgIpc) is 2.69. The highest BCUT2D eigenvalue weighted by molar-refractivity contribution is 4.77. The van der Waals surface area contributed by atoms with E-state index in [1.54, 1.807) is 0 Å². The van der Waals surface area contributed by atoms with Crippen LogP contribution in [0.2, 0.25) is 0 Å². The third kappa shape index (κ3) is 2.96. The normalized spacial score (nSPS) is 26.8. The van der Waals surface area contributed by atoms with E-state index in [-0.39, 0.29) is 0 Å². The van der Waals surface area contributed by atoms with Crippen LogP contribution in [0.3, 0.4) is 0 Å². The summed E-state index contributed by atoms with van der Waals surface area (Å²) in [5, 5.41) is 0. The van der Waals surface area contributed by atoms with Crippen molar-refractivity contribution in [3.05, 3.63) is 6.42 Å². The van der Waals surface area contributed by atoms with E-state index in [1.807, 2.05) is 0 Å². The first-order chi connectivity index (χ1) is 6.45. The molecule has 0 unspecified atom stereocenters. The number of nitrogens with zero attached hydrogens (tertiary/aromatic N) is 2. The van der Waals surface area contributed by atoms with Crippen molar-refractivity contribution in [2.24, 2.45) is 0 Å². The summed E-state index contributed by atoms with van der Waals surface area (Å²) in [6.07, 6.45) is 7.88. The Morgan fingerprint density at radius 3 is 1.92 bits per heavy atom. The first-order valence-electron chi connectivity index (χ1n) is 5.71. The van der Waals surface area contributed by atoms with Gasteiger partial charge in [-0.1, -0.05) is 0 Å². The second kappa shape index (κ2) is 4.97. The minimum absolute atomic E-state index is 1.30. The molecule has 0 amide bonds. The van der Waals surface area contributed by atoms with E-state index in [0.717, 1.165) is 0 Å². The van der Waals surface area contributed by atoms with Gasteiger partial charge < -0.3 is 9.80 Å². The maximum Gasteiger partial charge on any atom is 0.0109 e. The zero-order chi connectivity index (χ0) is 8.93. The largest absolute Gasteiger partial charge is 0.302 e. The van der Waals surface area contributed by atoms with Gasteiger partial charge in [0.25, 0.3) is 0 Å². The molecular formula is C11H21N2. The van der Waals surface area contributed by atoms with Crippen LogP contribution >= 0.6 is 0 Å². The van der Waals surface area contributed by atoms with Gasteiger partial charge in [-0.25, -0.2) is 0 Å². The Balaban J connectivity index is 1.60. The minimum atomic E-state index is 1.30. The molecule has 2 saturated heterocycles. The molecule has 2 heterocycles. The topological polar surface area (TPSA) is 6.48 Å². The molecule has 2 aliphatic heterocycles. The number of likely N-dealkylation sites (tertiary alicyclic amines) is 2. The van der Waals surface area contributed by atoms with Gasteiger partial charge in [0, 0.05) is 13.1 Å². The molecule has 2 heteroatoms. The summed E-state index contributed by atoms with van der Waals surface area (Å²) in [4.78, 5) is 5.22. The third-order valence-corrected chi connectivity index (χ3v) is 3.23. The average molecular weight is 181 g/mol. The number of hydrogen-bond donors (Lipinski definition) is 0. The van der Waals surface area contributed by atoms with Crippen LogP contribution in [0.15, 0.2) is 0 Å². The van der Waals surface area contributed by atoms with Gasteiger partial charge >= 0.3 is 0 Å². The zero-order valence-corrected chi connectivity index (χ0v) is 8.54. The highest BCUT2D eigenvalue weighted by Crippen LogP contribution is 2.10. The van der Waals surface area contributed by atoms with E-state index < -0.39 is 0 Å². The van der Waals surface area contributed by atoms with Gasteiger partial charge in [-0.2, -0.15) is 0 Å². The fraction of sp³-hybridized carbons (Fsp3) is 0.909. The molecule has 2 fully saturated rings. The van der Waals surface area contributed by atoms with E-state index in [9.17, 15) is 0 Å². The predicted molar refractivity (Wildman–Crippen MR) is 55.6 cm³/mol. The van der Waals surface area contributed by atoms with Gasteiger partial charge in [0.2, 0.25) is 0 Å². The summed E-state index contributed by atoms with van der Waals surface area (Å²) in [7, 11) is 0. The number of rotatable bonds is 3. The first kappa shape index (κ1) is 9.47. The second-order valence-electron chi connectivity index (χ2n) is 4.26. The SMILES string of the molecule is [CH]1CCN(CCN2CCCC2)CC1. The lowest BCUT2D eigenvalue weighted by Gasteiger charge is -2.28. The molecule has 2 nitrogen and oxygen atoms in total. The molecule has 2 aliphatic rings. The molecule has 2 rings (SSSR count). The molecule has 0 saturated carbocycles. The molecule has 0 bridgehead atoms. The molecule has 75 valence electrons. The molecule has 0 atom stereocenters. The summed E-state index contributed by atoms with van der Waals surface area (Å²) in [6.45, 7) is 7.90. The van der Waals surface area contributed by atoms with Crippen molar-refractivity contribution in [1.82, 2.24) is 9.80 Å². The van der Waals surface area contributed by atoms with Crippen LogP contribution < -0.4 is 0 Å². The van der Waals surface area contributed by atoms with Crippen LogP contribution in [-0.4, -0.2) is 49.1 Å². The fourth-order valence-corrected chi connectivity index (χ4v) is 2.32. The van der Waals surface area contributed by atoms with E-state index in [1.165, 1.54) is 65.0 Å². The summed E-state index contributed by atoms with van der Waals surface area (Å²) < 4.78 is 0. The highest BCUT2D eigenvalue weighted by atomic mass is 15.2. The first-order valence-corrected chi connectivity index (χ1v) is 5.71. The predicted octanol–water partition coefficient (Wildman–Crippen LogP) is 1.38. The van der Waals surface area contributed by atoms with E-state index in [2.05, 4.69) is 16.2 Å². The summed E-state index contributed by atoms with van der Waals surface area (Å²) in [5.41, 5.74) is 0. The molecule has 13 heavy (non-hydrogen) atoms. The molecule has 0 aromatic carbocycles. The van der Waals surface area contributed by atoms with Crippen molar-refractivity contribution in [3.8, 4) is 0 Å². The van der Waals surface area contributed by atoms with Gasteiger partial charge in [-0.05, 0) is 58.3 Å². The van der Waals surface area contributed by atoms with Crippen molar-refractivity contribution in [2.45, 2.75) is 25.7 Å². The zero-order valence-electron chi connectivity index (χ0n) is 8.54. The Morgan fingerprint density at radius 1 is 0.769 bits per heavy atom. The quantitative estimate of drug-likeness (QED) is 0.649. The molecule has 0 spiro atoms. The van der Waals surface area contributed by atoms with Crippen LogP contribution in [-0.2, 0) is 0 Å². The third-order valence-electron chi connectivity index (χ3n) is 3.23. The van der Waals surface area contributed by atoms with Gasteiger partial charge in [0.05, 0.1) is 0 Å². The number of hydrogen-bond acceptors (Lipinski definition) is 2. The van der Waals surface area contributed by atoms with E-state index in [4.69, 9.17) is 0 Å². The van der Waals surface area contributed by atoms with E-state index in [0.29, 0.717) is 0 Å². The smallest absolute Gasteiger partial charge is 0.0109 e. The van der Waals surface area contributed by atoms with Gasteiger partial charge in [0.1, 0.15) is 0 Å². The fourth-order valence-electron chi connectivity index (χ4n) is 2.32. The lowest BCUT2D eigenvalue weighted by molar-refractivity contribution is 0.213. The second-order valence-corrected chi connectivity index (χ2v) is 4.26. The van der Waals surface area contributed by atoms with Crippen molar-refractivity contribution in [2.75, 3.05) is 39.3 Å². The molecule has 1 radical (unpaired) electrons. The van der Waals surface area contributed by atoms with Crippen molar-refractivity contribution >= 4 is 0 Å². The Hall–Kier alpha value is -0.0800. The lowest BCUT2D eigenvalue weighted by Crippen LogP contribution is -2.37. The monoisotopic (exact) mass is 181 g/mol. The Bertz CT molecular complexity index is 135. The molecule has 0 aliphatic carbocycles. The van der Waals surface area contributed by atoms with Crippen molar-refractivity contribution in [3.63, 3.8) is 0 Å². The van der Waals surface area contributed by atoms with Crippen LogP contribution in [0.25, 0.3) is 0 Å². The minimum Gasteiger partial charge on any atom is -0.302 e. The van der Waals surface area contributed by atoms with Gasteiger partial charge in [-0.3, -0.25) is 0 Å². The summed E-state index contributed by atoms with van der Waals surface area (Å²) >= 11 is 0. The van der Waals surface area contributed by atoms with Crippen molar-refractivity contribution < 1.29 is 0 Å². The van der Waals surface area contributed by atoms with Gasteiger partial charge in [0.15, 0.2) is 0 Å². The van der Waals surface area contributed by atoms with Gasteiger partial charge in [-0.15, -0.1) is 0 Å². The Morgan fingerprint density at radius 2 is 1.31 bits per heavy atom. The van der Waals surface area contributed by atoms with Crippen LogP contribution in [0.5, 0.6) is 0 Å². The van der Waals surface area contributed by atoms with Crippen LogP contribution in [0.1, 0.15) is 25.7 Å². The van der Waals surface area contributed by atoms with E-state index >= 15 is 0 Å². The van der Waals surface area contributed by atoms with Crippen LogP contribution in [0.4, 0.5) is 0 Å². The Kier molecular flexibility index (Phi) is 3.62.